The fourth-order valence-corrected chi connectivity index (χ4v) is 1.37. The van der Waals surface area contributed by atoms with Crippen LogP contribution in [0.4, 0.5) is 4.79 Å². The lowest BCUT2D eigenvalue weighted by Gasteiger charge is -2.19. The van der Waals surface area contributed by atoms with Crippen LogP contribution >= 0.6 is 0 Å². The first-order valence-corrected chi connectivity index (χ1v) is 5.65. The number of carbonyl (C=O) groups is 1. The number of hydrogen-bond acceptors (Lipinski definition) is 4. The van der Waals surface area contributed by atoms with Gasteiger partial charge >= 0.3 is 6.09 Å². The van der Waals surface area contributed by atoms with E-state index in [-0.39, 0.29) is 0 Å². The number of nitrogens with two attached hydrogens (primary N) is 1. The van der Waals surface area contributed by atoms with Gasteiger partial charge in [0.25, 0.3) is 0 Å². The Hall–Kier alpha value is -0.810. The number of ether oxygens (including phenoxy) is 1. The van der Waals surface area contributed by atoms with Crippen LogP contribution in [0, 0.1) is 5.92 Å². The van der Waals surface area contributed by atoms with Crippen LogP contribution < -0.4 is 11.1 Å². The topological polar surface area (TPSA) is 84.6 Å². The van der Waals surface area contributed by atoms with Crippen molar-refractivity contribution in [3.05, 3.63) is 0 Å². The Labute approximate surface area is 97.3 Å². The molecule has 0 aromatic carbocycles. The van der Waals surface area contributed by atoms with Crippen LogP contribution in [0.5, 0.6) is 0 Å². The summed E-state index contributed by atoms with van der Waals surface area (Å²) in [7, 11) is 0. The Morgan fingerprint density at radius 2 is 1.94 bits per heavy atom. The maximum atomic E-state index is 10.0. The Balaban J connectivity index is 0.000000281. The first-order chi connectivity index (χ1) is 7.35. The van der Waals surface area contributed by atoms with Crippen molar-refractivity contribution in [2.75, 3.05) is 19.7 Å². The van der Waals surface area contributed by atoms with Crippen molar-refractivity contribution >= 4 is 6.09 Å². The largest absolute Gasteiger partial charge is 0.444 e. The number of aliphatic hydroxyl groups is 1. The van der Waals surface area contributed by atoms with Gasteiger partial charge in [-0.2, -0.15) is 0 Å². The zero-order valence-corrected chi connectivity index (χ0v) is 10.5. The molecular formula is C11H24N2O3. The summed E-state index contributed by atoms with van der Waals surface area (Å²) in [6, 6.07) is 0. The second-order valence-electron chi connectivity index (χ2n) is 4.91. The average molecular weight is 232 g/mol. The minimum atomic E-state index is -0.725. The predicted octanol–water partition coefficient (Wildman–Crippen LogP) is 0.859. The summed E-state index contributed by atoms with van der Waals surface area (Å²) in [4.78, 5) is 10.0. The first kappa shape index (κ1) is 15.2. The Morgan fingerprint density at radius 1 is 1.44 bits per heavy atom. The second kappa shape index (κ2) is 7.46. The van der Waals surface area contributed by atoms with E-state index in [2.05, 4.69) is 10.1 Å². The molecule has 0 unspecified atom stereocenters. The van der Waals surface area contributed by atoms with Crippen LogP contribution in [0.3, 0.4) is 0 Å². The van der Waals surface area contributed by atoms with E-state index in [1.807, 2.05) is 0 Å². The minimum Gasteiger partial charge on any atom is -0.444 e. The van der Waals surface area contributed by atoms with Gasteiger partial charge in [0.15, 0.2) is 0 Å². The second-order valence-corrected chi connectivity index (χ2v) is 4.91. The molecule has 0 aliphatic carbocycles. The van der Waals surface area contributed by atoms with Crippen LogP contribution in [-0.4, -0.2) is 36.5 Å². The summed E-state index contributed by atoms with van der Waals surface area (Å²) in [6.45, 7) is 7.84. The third kappa shape index (κ3) is 9.73. The van der Waals surface area contributed by atoms with E-state index in [1.165, 1.54) is 0 Å². The van der Waals surface area contributed by atoms with E-state index < -0.39 is 11.7 Å². The quantitative estimate of drug-likeness (QED) is 0.626. The monoisotopic (exact) mass is 232 g/mol. The molecule has 0 aromatic rings. The van der Waals surface area contributed by atoms with Gasteiger partial charge in [-0.3, -0.25) is 0 Å². The van der Waals surface area contributed by atoms with Crippen LogP contribution in [0.15, 0.2) is 0 Å². The van der Waals surface area contributed by atoms with Crippen molar-refractivity contribution in [3.8, 4) is 0 Å². The Morgan fingerprint density at radius 3 is 2.12 bits per heavy atom. The third-order valence-electron chi connectivity index (χ3n) is 2.12. The van der Waals surface area contributed by atoms with Crippen molar-refractivity contribution in [3.63, 3.8) is 0 Å². The molecule has 1 fully saturated rings. The van der Waals surface area contributed by atoms with Crippen molar-refractivity contribution in [2.45, 2.75) is 39.2 Å². The standard InChI is InChI=1S/C6H13NO.C5H11NO2/c8-5-6-1-3-7-4-2-6;1-5(2,3)8-4(6)7/h6-8H,1-5H2;1-3H3,(H2,6,7). The molecule has 5 nitrogen and oxygen atoms in total. The van der Waals surface area contributed by atoms with Gasteiger partial charge in [-0.05, 0) is 52.6 Å². The number of carbonyl (C=O) groups excluding carboxylic acids is 1. The molecule has 1 heterocycles. The fraction of sp³-hybridized carbons (Fsp3) is 0.909. The van der Waals surface area contributed by atoms with Crippen molar-refractivity contribution < 1.29 is 14.6 Å². The number of aliphatic hydroxyl groups excluding tert-OH is 1. The number of amides is 1. The molecule has 16 heavy (non-hydrogen) atoms. The first-order valence-electron chi connectivity index (χ1n) is 5.65. The molecule has 0 aromatic heterocycles. The van der Waals surface area contributed by atoms with Gasteiger partial charge in [0.05, 0.1) is 0 Å². The van der Waals surface area contributed by atoms with E-state index in [1.54, 1.807) is 20.8 Å². The zero-order chi connectivity index (χ0) is 12.6. The maximum Gasteiger partial charge on any atom is 0.405 e. The van der Waals surface area contributed by atoms with Crippen LogP contribution in [0.2, 0.25) is 0 Å². The highest BCUT2D eigenvalue weighted by atomic mass is 16.6. The molecule has 1 rings (SSSR count). The Kier molecular flexibility index (Phi) is 7.08. The highest BCUT2D eigenvalue weighted by Gasteiger charge is 2.12. The molecule has 1 aliphatic rings. The molecule has 96 valence electrons. The molecule has 0 radical (unpaired) electrons. The van der Waals surface area contributed by atoms with E-state index in [9.17, 15) is 4.79 Å². The molecule has 0 spiro atoms. The highest BCUT2D eigenvalue weighted by molar-refractivity contribution is 5.65. The van der Waals surface area contributed by atoms with Crippen molar-refractivity contribution in [1.82, 2.24) is 5.32 Å². The van der Waals surface area contributed by atoms with Gasteiger partial charge in [-0.15, -0.1) is 0 Å². The molecule has 1 saturated heterocycles. The number of primary amides is 1. The van der Waals surface area contributed by atoms with Crippen molar-refractivity contribution in [1.29, 1.82) is 0 Å². The number of hydrogen-bond donors (Lipinski definition) is 3. The number of rotatable bonds is 1. The predicted molar refractivity (Wildman–Crippen MR) is 63.1 cm³/mol. The molecule has 0 saturated carbocycles. The maximum absolute atomic E-state index is 10.0. The number of piperidine rings is 1. The lowest BCUT2D eigenvalue weighted by Crippen LogP contribution is -2.29. The van der Waals surface area contributed by atoms with Gasteiger partial charge < -0.3 is 20.9 Å². The summed E-state index contributed by atoms with van der Waals surface area (Å²) in [6.07, 6.45) is 1.57. The molecule has 0 bridgehead atoms. The molecule has 0 atom stereocenters. The molecule has 5 heteroatoms. The van der Waals surface area contributed by atoms with Crippen molar-refractivity contribution in [2.24, 2.45) is 11.7 Å². The van der Waals surface area contributed by atoms with Gasteiger partial charge in [0.2, 0.25) is 0 Å². The summed E-state index contributed by atoms with van der Waals surface area (Å²) in [5, 5.41) is 11.9. The highest BCUT2D eigenvalue weighted by Crippen LogP contribution is 2.08. The normalized spacial score (nSPS) is 17.2. The lowest BCUT2D eigenvalue weighted by molar-refractivity contribution is 0.0600. The smallest absolute Gasteiger partial charge is 0.405 e. The van der Waals surface area contributed by atoms with Gasteiger partial charge in [0, 0.05) is 6.61 Å². The SMILES string of the molecule is CC(C)(C)OC(N)=O.OCC1CCNCC1. The van der Waals surface area contributed by atoms with E-state index in [0.29, 0.717) is 12.5 Å². The fourth-order valence-electron chi connectivity index (χ4n) is 1.37. The summed E-state index contributed by atoms with van der Waals surface area (Å²) >= 11 is 0. The van der Waals surface area contributed by atoms with E-state index in [0.717, 1.165) is 25.9 Å². The van der Waals surface area contributed by atoms with Crippen LogP contribution in [-0.2, 0) is 4.74 Å². The molecule has 1 amide bonds. The average Bonchev–Trinajstić information content (AvgIpc) is 2.16. The van der Waals surface area contributed by atoms with Gasteiger partial charge in [-0.25, -0.2) is 4.79 Å². The Bertz CT molecular complexity index is 196. The van der Waals surface area contributed by atoms with E-state index in [4.69, 9.17) is 10.8 Å². The summed E-state index contributed by atoms with van der Waals surface area (Å²) in [5.74, 6) is 0.580. The molecule has 1 aliphatic heterocycles. The third-order valence-corrected chi connectivity index (χ3v) is 2.12. The molecule has 4 N–H and O–H groups in total. The number of nitrogens with one attached hydrogen (secondary N) is 1. The van der Waals surface area contributed by atoms with Crippen LogP contribution in [0.1, 0.15) is 33.6 Å². The zero-order valence-electron chi connectivity index (χ0n) is 10.5. The summed E-state index contributed by atoms with van der Waals surface area (Å²) in [5.41, 5.74) is 4.26. The van der Waals surface area contributed by atoms with Gasteiger partial charge in [-0.1, -0.05) is 0 Å². The summed E-state index contributed by atoms with van der Waals surface area (Å²) < 4.78 is 4.58. The molecular weight excluding hydrogens is 208 g/mol. The lowest BCUT2D eigenvalue weighted by atomic mass is 10.00. The van der Waals surface area contributed by atoms with Gasteiger partial charge in [0.1, 0.15) is 5.60 Å². The minimum absolute atomic E-state index is 0.377. The van der Waals surface area contributed by atoms with Crippen LogP contribution in [0.25, 0.3) is 0 Å². The van der Waals surface area contributed by atoms with E-state index >= 15 is 0 Å².